The number of nitrogen functional groups attached to an aromatic ring is 1. The maximum Gasteiger partial charge on any atom is 0.165 e. The Morgan fingerprint density at radius 3 is 2.67 bits per heavy atom. The Hall–Kier alpha value is -1.81. The van der Waals surface area contributed by atoms with Gasteiger partial charge in [0, 0.05) is 22.3 Å². The molecule has 0 bridgehead atoms. The molecule has 2 rings (SSSR count). The molecule has 0 radical (unpaired) electrons. The van der Waals surface area contributed by atoms with Crippen LogP contribution in [0.1, 0.15) is 5.56 Å². The van der Waals surface area contributed by atoms with Crippen molar-refractivity contribution in [2.24, 2.45) is 0 Å². The van der Waals surface area contributed by atoms with E-state index in [9.17, 15) is 8.78 Å². The van der Waals surface area contributed by atoms with Crippen molar-refractivity contribution in [1.82, 2.24) is 0 Å². The molecule has 0 heterocycles. The quantitative estimate of drug-likeness (QED) is 0.861. The topological polar surface area (TPSA) is 35.2 Å². The SMILES string of the molecule is Nc1ccc(Cl)cc1COc1cc(F)ccc1F. The Kier molecular flexibility index (Phi) is 3.67. The molecule has 0 aliphatic carbocycles. The van der Waals surface area contributed by atoms with Crippen LogP contribution in [0.4, 0.5) is 14.5 Å². The summed E-state index contributed by atoms with van der Waals surface area (Å²) in [5, 5.41) is 0.502. The molecule has 2 N–H and O–H groups in total. The Morgan fingerprint density at radius 1 is 1.11 bits per heavy atom. The first kappa shape index (κ1) is 12.6. The lowest BCUT2D eigenvalue weighted by Crippen LogP contribution is -2.01. The molecular formula is C13H10ClF2NO. The van der Waals surface area contributed by atoms with E-state index in [4.69, 9.17) is 22.1 Å². The van der Waals surface area contributed by atoms with Crippen molar-refractivity contribution in [2.45, 2.75) is 6.61 Å². The first-order chi connectivity index (χ1) is 8.56. The monoisotopic (exact) mass is 269 g/mol. The lowest BCUT2D eigenvalue weighted by atomic mass is 10.2. The summed E-state index contributed by atoms with van der Waals surface area (Å²) in [6.07, 6.45) is 0. The Morgan fingerprint density at radius 2 is 1.89 bits per heavy atom. The van der Waals surface area contributed by atoms with Gasteiger partial charge in [0.25, 0.3) is 0 Å². The van der Waals surface area contributed by atoms with Crippen LogP contribution in [0, 0.1) is 11.6 Å². The normalized spacial score (nSPS) is 10.4. The summed E-state index contributed by atoms with van der Waals surface area (Å²) in [4.78, 5) is 0. The van der Waals surface area contributed by atoms with E-state index in [0.717, 1.165) is 18.2 Å². The van der Waals surface area contributed by atoms with Gasteiger partial charge in [-0.1, -0.05) is 11.6 Å². The molecule has 2 aromatic rings. The number of hydrogen-bond donors (Lipinski definition) is 1. The smallest absolute Gasteiger partial charge is 0.165 e. The standard InChI is InChI=1S/C13H10ClF2NO/c14-9-1-4-12(17)8(5-9)7-18-13-6-10(15)2-3-11(13)16/h1-6H,7,17H2. The molecule has 0 aliphatic heterocycles. The van der Waals surface area contributed by atoms with Gasteiger partial charge in [-0.2, -0.15) is 0 Å². The highest BCUT2D eigenvalue weighted by Crippen LogP contribution is 2.22. The Labute approximate surface area is 108 Å². The molecule has 5 heteroatoms. The Bertz CT molecular complexity index is 523. The van der Waals surface area contributed by atoms with Crippen molar-refractivity contribution in [3.05, 3.63) is 58.6 Å². The first-order valence-electron chi connectivity index (χ1n) is 5.18. The summed E-state index contributed by atoms with van der Waals surface area (Å²) in [5.74, 6) is -1.35. The van der Waals surface area contributed by atoms with Crippen molar-refractivity contribution >= 4 is 17.3 Å². The van der Waals surface area contributed by atoms with Crippen molar-refractivity contribution in [1.29, 1.82) is 0 Å². The average molecular weight is 270 g/mol. The molecule has 0 amide bonds. The molecule has 0 saturated heterocycles. The van der Waals surface area contributed by atoms with Crippen LogP contribution in [0.5, 0.6) is 5.75 Å². The van der Waals surface area contributed by atoms with Crippen LogP contribution in [0.3, 0.4) is 0 Å². The van der Waals surface area contributed by atoms with Gasteiger partial charge in [-0.15, -0.1) is 0 Å². The molecule has 94 valence electrons. The Balaban J connectivity index is 2.16. The van der Waals surface area contributed by atoms with Gasteiger partial charge in [0.2, 0.25) is 0 Å². The van der Waals surface area contributed by atoms with Crippen molar-refractivity contribution in [3.63, 3.8) is 0 Å². The number of ether oxygens (including phenoxy) is 1. The van der Waals surface area contributed by atoms with Gasteiger partial charge in [-0.05, 0) is 30.3 Å². The van der Waals surface area contributed by atoms with Gasteiger partial charge in [0.15, 0.2) is 11.6 Å². The molecule has 18 heavy (non-hydrogen) atoms. The van der Waals surface area contributed by atoms with E-state index in [0.29, 0.717) is 16.3 Å². The fourth-order valence-corrected chi connectivity index (χ4v) is 1.64. The number of nitrogens with two attached hydrogens (primary N) is 1. The predicted octanol–water partition coefficient (Wildman–Crippen LogP) is 3.78. The van der Waals surface area contributed by atoms with Gasteiger partial charge < -0.3 is 10.5 Å². The van der Waals surface area contributed by atoms with Gasteiger partial charge in [0.1, 0.15) is 12.4 Å². The van der Waals surface area contributed by atoms with E-state index in [1.165, 1.54) is 0 Å². The van der Waals surface area contributed by atoms with Crippen LogP contribution in [0.25, 0.3) is 0 Å². The summed E-state index contributed by atoms with van der Waals surface area (Å²) in [6, 6.07) is 7.90. The number of halogens is 3. The van der Waals surface area contributed by atoms with Crippen LogP contribution in [0.2, 0.25) is 5.02 Å². The summed E-state index contributed by atoms with van der Waals surface area (Å²) in [5.41, 5.74) is 6.81. The van der Waals surface area contributed by atoms with Gasteiger partial charge in [-0.25, -0.2) is 8.78 Å². The summed E-state index contributed by atoms with van der Waals surface area (Å²) >= 11 is 5.81. The minimum absolute atomic E-state index is 0.0206. The van der Waals surface area contributed by atoms with E-state index >= 15 is 0 Å². The number of rotatable bonds is 3. The highest BCUT2D eigenvalue weighted by atomic mass is 35.5. The average Bonchev–Trinajstić information content (AvgIpc) is 2.34. The molecule has 0 spiro atoms. The molecule has 2 nitrogen and oxygen atoms in total. The maximum absolute atomic E-state index is 13.3. The van der Waals surface area contributed by atoms with Crippen LogP contribution in [-0.2, 0) is 6.61 Å². The third-order valence-corrected chi connectivity index (χ3v) is 2.62. The number of anilines is 1. The fraction of sp³-hybridized carbons (Fsp3) is 0.0769. The van der Waals surface area contributed by atoms with Crippen LogP contribution >= 0.6 is 11.6 Å². The van der Waals surface area contributed by atoms with Crippen LogP contribution in [0.15, 0.2) is 36.4 Å². The number of benzene rings is 2. The molecule has 0 atom stereocenters. The van der Waals surface area contributed by atoms with Crippen LogP contribution < -0.4 is 10.5 Å². The highest BCUT2D eigenvalue weighted by Gasteiger charge is 2.07. The zero-order valence-corrected chi connectivity index (χ0v) is 10.0. The van der Waals surface area contributed by atoms with E-state index < -0.39 is 11.6 Å². The molecule has 0 fully saturated rings. The predicted molar refractivity (Wildman–Crippen MR) is 66.6 cm³/mol. The summed E-state index contributed by atoms with van der Waals surface area (Å²) < 4.78 is 31.4. The second-order valence-electron chi connectivity index (χ2n) is 3.71. The van der Waals surface area contributed by atoms with Crippen molar-refractivity contribution < 1.29 is 13.5 Å². The second kappa shape index (κ2) is 5.23. The first-order valence-corrected chi connectivity index (χ1v) is 5.56. The summed E-state index contributed by atoms with van der Waals surface area (Å²) in [7, 11) is 0. The maximum atomic E-state index is 13.3. The molecular weight excluding hydrogens is 260 g/mol. The lowest BCUT2D eigenvalue weighted by molar-refractivity contribution is 0.289. The molecule has 0 saturated carbocycles. The van der Waals surface area contributed by atoms with Gasteiger partial charge in [0.05, 0.1) is 0 Å². The largest absolute Gasteiger partial charge is 0.486 e. The fourth-order valence-electron chi connectivity index (χ4n) is 1.44. The second-order valence-corrected chi connectivity index (χ2v) is 4.14. The van der Waals surface area contributed by atoms with E-state index in [2.05, 4.69) is 0 Å². The minimum Gasteiger partial charge on any atom is -0.486 e. The van der Waals surface area contributed by atoms with Crippen LogP contribution in [-0.4, -0.2) is 0 Å². The van der Waals surface area contributed by atoms with E-state index in [-0.39, 0.29) is 12.4 Å². The molecule has 0 aromatic heterocycles. The number of hydrogen-bond acceptors (Lipinski definition) is 2. The molecule has 2 aromatic carbocycles. The zero-order valence-electron chi connectivity index (χ0n) is 9.29. The van der Waals surface area contributed by atoms with Crippen molar-refractivity contribution in [2.75, 3.05) is 5.73 Å². The molecule has 0 unspecified atom stereocenters. The minimum atomic E-state index is -0.628. The summed E-state index contributed by atoms with van der Waals surface area (Å²) in [6.45, 7) is 0.0206. The van der Waals surface area contributed by atoms with Gasteiger partial charge in [-0.3, -0.25) is 0 Å². The van der Waals surface area contributed by atoms with E-state index in [1.54, 1.807) is 18.2 Å². The zero-order chi connectivity index (χ0) is 13.1. The van der Waals surface area contributed by atoms with E-state index in [1.807, 2.05) is 0 Å². The highest BCUT2D eigenvalue weighted by molar-refractivity contribution is 6.30. The van der Waals surface area contributed by atoms with Crippen molar-refractivity contribution in [3.8, 4) is 5.75 Å². The molecule has 0 aliphatic rings. The third-order valence-electron chi connectivity index (χ3n) is 2.38. The van der Waals surface area contributed by atoms with Gasteiger partial charge >= 0.3 is 0 Å². The lowest BCUT2D eigenvalue weighted by Gasteiger charge is -2.09. The third kappa shape index (κ3) is 2.90.